The van der Waals surface area contributed by atoms with E-state index in [4.69, 9.17) is 42.1 Å². The first kappa shape index (κ1) is 48.0. The van der Waals surface area contributed by atoms with Crippen molar-refractivity contribution in [2.75, 3.05) is 77.8 Å². The molecule has 4 atom stereocenters. The molecular weight excluding hydrogens is 890 g/mol. The first-order valence-electron chi connectivity index (χ1n) is 23.2. The number of carbonyl (C=O) groups excluding carboxylic acids is 4. The summed E-state index contributed by atoms with van der Waals surface area (Å²) in [5, 5.41) is 16.0. The summed E-state index contributed by atoms with van der Waals surface area (Å²) >= 11 is 12.7. The van der Waals surface area contributed by atoms with E-state index in [0.29, 0.717) is 101 Å². The van der Waals surface area contributed by atoms with Crippen LogP contribution in [0.3, 0.4) is 0 Å². The van der Waals surface area contributed by atoms with Crippen molar-refractivity contribution in [1.82, 2.24) is 20.5 Å². The van der Waals surface area contributed by atoms with E-state index in [2.05, 4.69) is 21.1 Å². The Balaban J connectivity index is 0.700. The number of likely N-dealkylation sites (tertiary alicyclic amines) is 1. The van der Waals surface area contributed by atoms with Crippen molar-refractivity contribution in [3.63, 3.8) is 0 Å². The fourth-order valence-electron chi connectivity index (χ4n) is 10.8. The van der Waals surface area contributed by atoms with Crippen LogP contribution in [-0.4, -0.2) is 124 Å². The Morgan fingerprint density at radius 2 is 1.52 bits per heavy atom. The van der Waals surface area contributed by atoms with Gasteiger partial charge in [-0.1, -0.05) is 91.0 Å². The SMILES string of the molecule is O=C(NCCOCCOCCOCCOCCC(=O)N1CCC(C(=O)N2N=CCC2c2ccccc2)CC1)[C@@H]1NC2(CCCCC2)[C@@]2(C(=O)Nc3cc(Cl)ccc32)[C@H]1c1cccc(Cl)c1F. The molecule has 5 aliphatic rings. The number of amides is 4. The number of anilines is 1. The predicted octanol–water partition coefficient (Wildman–Crippen LogP) is 6.55. The van der Waals surface area contributed by atoms with Gasteiger partial charge in [0.1, 0.15) is 11.2 Å². The maximum Gasteiger partial charge on any atom is 0.246 e. The molecule has 0 bridgehead atoms. The van der Waals surface area contributed by atoms with Gasteiger partial charge < -0.3 is 34.5 Å². The highest BCUT2D eigenvalue weighted by atomic mass is 35.5. The van der Waals surface area contributed by atoms with Crippen LogP contribution in [0.1, 0.15) is 86.4 Å². The molecule has 3 N–H and O–H groups in total. The van der Waals surface area contributed by atoms with Gasteiger partial charge in [-0.3, -0.25) is 24.5 Å². The second-order valence-electron chi connectivity index (χ2n) is 17.6. The zero-order chi connectivity index (χ0) is 46.1. The van der Waals surface area contributed by atoms with E-state index < -0.39 is 28.7 Å². The molecule has 8 rings (SSSR count). The first-order chi connectivity index (χ1) is 32.1. The molecule has 1 saturated carbocycles. The third-order valence-corrected chi connectivity index (χ3v) is 14.4. The van der Waals surface area contributed by atoms with Gasteiger partial charge in [0.25, 0.3) is 0 Å². The number of nitrogens with zero attached hydrogens (tertiary/aromatic N) is 3. The van der Waals surface area contributed by atoms with Crippen LogP contribution in [0.25, 0.3) is 0 Å². The maximum atomic E-state index is 16.1. The number of halogens is 3. The molecule has 4 heterocycles. The molecule has 2 spiro atoms. The second-order valence-corrected chi connectivity index (χ2v) is 18.5. The molecule has 3 fully saturated rings. The van der Waals surface area contributed by atoms with Crippen molar-refractivity contribution < 1.29 is 42.5 Å². The Hall–Kier alpha value is -4.48. The molecule has 0 radical (unpaired) electrons. The van der Waals surface area contributed by atoms with Gasteiger partial charge in [0, 0.05) is 60.4 Å². The van der Waals surface area contributed by atoms with E-state index in [1.54, 1.807) is 35.5 Å². The number of fused-ring (bicyclic) bond motifs is 3. The number of hydrogen-bond acceptors (Lipinski definition) is 10. The van der Waals surface area contributed by atoms with Gasteiger partial charge in [-0.25, -0.2) is 9.40 Å². The number of ether oxygens (including phenoxy) is 4. The third kappa shape index (κ3) is 10.0. The van der Waals surface area contributed by atoms with Gasteiger partial charge in [0.15, 0.2) is 0 Å². The fraction of sp³-hybridized carbons (Fsp3) is 0.531. The number of nitrogens with one attached hydrogen (secondary N) is 3. The van der Waals surface area contributed by atoms with E-state index >= 15 is 4.39 Å². The standard InChI is InChI=1S/C49H59Cl2FN6O8/c50-35-12-13-37-39(32-35)55-47(62)49(37)42(36-10-7-11-38(51)43(36)52)44(56-48(49)18-5-2-6-19-48)45(60)53-21-25-64-27-29-66-31-30-65-28-26-63-24-17-41(59)57-22-15-34(16-23-57)46(61)58-40(14-20-54-58)33-8-3-1-4-9-33/h1,3-4,7-13,20,32,34,40,42,44,56H,2,5-6,14-19,21-31H2,(H,53,60)(H,55,62)/t40?,42-,44+,49+/m0/s1. The first-order valence-corrected chi connectivity index (χ1v) is 24.0. The second kappa shape index (κ2) is 22.1. The molecule has 1 unspecified atom stereocenters. The molecule has 354 valence electrons. The van der Waals surface area contributed by atoms with Crippen LogP contribution in [0.2, 0.25) is 10.0 Å². The van der Waals surface area contributed by atoms with Crippen molar-refractivity contribution in [2.24, 2.45) is 11.0 Å². The maximum absolute atomic E-state index is 16.1. The molecule has 66 heavy (non-hydrogen) atoms. The van der Waals surface area contributed by atoms with E-state index in [9.17, 15) is 19.2 Å². The Labute approximate surface area is 395 Å². The van der Waals surface area contributed by atoms with Crippen molar-refractivity contribution in [2.45, 2.75) is 86.7 Å². The highest BCUT2D eigenvalue weighted by Gasteiger charge is 2.72. The summed E-state index contributed by atoms with van der Waals surface area (Å²) in [6.07, 6.45) is 7.97. The number of carbonyl (C=O) groups is 4. The van der Waals surface area contributed by atoms with Gasteiger partial charge in [0.2, 0.25) is 23.6 Å². The lowest BCUT2D eigenvalue weighted by atomic mass is 9.55. The monoisotopic (exact) mass is 948 g/mol. The normalized spacial score (nSPS) is 23.4. The smallest absolute Gasteiger partial charge is 0.246 e. The largest absolute Gasteiger partial charge is 0.379 e. The minimum absolute atomic E-state index is 0.0179. The van der Waals surface area contributed by atoms with Gasteiger partial charge in [-0.05, 0) is 60.6 Å². The minimum Gasteiger partial charge on any atom is -0.379 e. The number of hydrazone groups is 1. The highest BCUT2D eigenvalue weighted by molar-refractivity contribution is 6.31. The van der Waals surface area contributed by atoms with Crippen LogP contribution in [0, 0.1) is 11.7 Å². The quantitative estimate of drug-likeness (QED) is 0.113. The summed E-state index contributed by atoms with van der Waals surface area (Å²) in [5.74, 6) is -2.32. The fourth-order valence-corrected chi connectivity index (χ4v) is 11.1. The van der Waals surface area contributed by atoms with E-state index in [0.717, 1.165) is 24.8 Å². The molecular formula is C49H59Cl2FN6O8. The topological polar surface area (TPSA) is 160 Å². The number of rotatable bonds is 19. The molecule has 3 aromatic rings. The van der Waals surface area contributed by atoms with Gasteiger partial charge in [-0.15, -0.1) is 0 Å². The van der Waals surface area contributed by atoms with Gasteiger partial charge >= 0.3 is 0 Å². The van der Waals surface area contributed by atoms with E-state index in [-0.39, 0.29) is 72.4 Å². The summed E-state index contributed by atoms with van der Waals surface area (Å²) in [6, 6.07) is 18.9. The number of hydrogen-bond donors (Lipinski definition) is 3. The Morgan fingerprint density at radius 3 is 2.23 bits per heavy atom. The van der Waals surface area contributed by atoms with Crippen molar-refractivity contribution in [1.29, 1.82) is 0 Å². The summed E-state index contributed by atoms with van der Waals surface area (Å²) in [4.78, 5) is 56.6. The zero-order valence-electron chi connectivity index (χ0n) is 37.1. The van der Waals surface area contributed by atoms with Crippen molar-refractivity contribution in [3.8, 4) is 0 Å². The molecule has 1 aliphatic carbocycles. The average molecular weight is 950 g/mol. The minimum atomic E-state index is -1.30. The molecule has 4 amide bonds. The molecule has 0 aromatic heterocycles. The molecule has 3 aromatic carbocycles. The summed E-state index contributed by atoms with van der Waals surface area (Å²) in [5.41, 5.74) is 0.426. The zero-order valence-corrected chi connectivity index (χ0v) is 38.6. The third-order valence-electron chi connectivity index (χ3n) is 13.9. The summed E-state index contributed by atoms with van der Waals surface area (Å²) in [7, 11) is 0. The van der Waals surface area contributed by atoms with Gasteiger partial charge in [-0.2, -0.15) is 5.10 Å². The molecule has 14 nitrogen and oxygen atoms in total. The van der Waals surface area contributed by atoms with Crippen LogP contribution in [0.4, 0.5) is 10.1 Å². The van der Waals surface area contributed by atoms with Crippen molar-refractivity contribution >= 4 is 58.7 Å². The lowest BCUT2D eigenvalue weighted by Gasteiger charge is -2.47. The Bertz CT molecular complexity index is 2220. The average Bonchev–Trinajstić information content (AvgIpc) is 4.02. The number of benzene rings is 3. The lowest BCUT2D eigenvalue weighted by Crippen LogP contribution is -2.60. The number of piperidine rings is 1. The van der Waals surface area contributed by atoms with Crippen LogP contribution < -0.4 is 16.0 Å². The summed E-state index contributed by atoms with van der Waals surface area (Å²) in [6.45, 7) is 3.83. The van der Waals surface area contributed by atoms with E-state index in [1.165, 1.54) is 6.07 Å². The predicted molar refractivity (Wildman–Crippen MR) is 248 cm³/mol. The molecule has 17 heteroatoms. The van der Waals surface area contributed by atoms with Crippen molar-refractivity contribution in [3.05, 3.63) is 99.3 Å². The highest BCUT2D eigenvalue weighted by Crippen LogP contribution is 2.62. The Morgan fingerprint density at radius 1 is 0.833 bits per heavy atom. The van der Waals surface area contributed by atoms with Gasteiger partial charge in [0.05, 0.1) is 76.4 Å². The Kier molecular flexibility index (Phi) is 16.1. The lowest BCUT2D eigenvalue weighted by molar-refractivity contribution is -0.142. The van der Waals surface area contributed by atoms with Crippen LogP contribution in [0.15, 0.2) is 71.8 Å². The van der Waals surface area contributed by atoms with E-state index in [1.807, 2.05) is 41.3 Å². The van der Waals surface area contributed by atoms with Crippen LogP contribution in [0.5, 0.6) is 0 Å². The summed E-state index contributed by atoms with van der Waals surface area (Å²) < 4.78 is 38.7. The van der Waals surface area contributed by atoms with Crippen LogP contribution >= 0.6 is 23.2 Å². The molecule has 2 saturated heterocycles. The molecule has 4 aliphatic heterocycles. The van der Waals surface area contributed by atoms with Crippen LogP contribution in [-0.2, 0) is 43.5 Å².